The van der Waals surface area contributed by atoms with E-state index in [9.17, 15) is 27.8 Å². The van der Waals surface area contributed by atoms with Crippen LogP contribution < -0.4 is 5.32 Å². The van der Waals surface area contributed by atoms with Gasteiger partial charge in [0, 0.05) is 12.6 Å². The lowest BCUT2D eigenvalue weighted by Crippen LogP contribution is -2.46. The van der Waals surface area contributed by atoms with Crippen molar-refractivity contribution >= 4 is 22.7 Å². The monoisotopic (exact) mass is 484 g/mol. The summed E-state index contributed by atoms with van der Waals surface area (Å²) in [5, 5.41) is 22.5. The van der Waals surface area contributed by atoms with Crippen molar-refractivity contribution in [3.8, 4) is 0 Å². The van der Waals surface area contributed by atoms with Crippen LogP contribution in [0.5, 0.6) is 0 Å². The molecule has 0 aliphatic carbocycles. The highest BCUT2D eigenvalue weighted by Crippen LogP contribution is 2.35. The van der Waals surface area contributed by atoms with E-state index >= 15 is 0 Å². The van der Waals surface area contributed by atoms with E-state index in [2.05, 4.69) is 26.9 Å². The molecule has 4 unspecified atom stereocenters. The molecular formula is C22H28F4N6O2. The van der Waals surface area contributed by atoms with Gasteiger partial charge in [-0.05, 0) is 33.3 Å². The van der Waals surface area contributed by atoms with Gasteiger partial charge in [-0.2, -0.15) is 13.2 Å². The number of nitrogens with zero attached hydrogens (tertiary/aromatic N) is 5. The fourth-order valence-electron chi connectivity index (χ4n) is 3.71. The summed E-state index contributed by atoms with van der Waals surface area (Å²) < 4.78 is 55.4. The summed E-state index contributed by atoms with van der Waals surface area (Å²) in [6.45, 7) is 8.09. The van der Waals surface area contributed by atoms with E-state index in [1.807, 2.05) is 0 Å². The first-order chi connectivity index (χ1) is 15.9. The Labute approximate surface area is 194 Å². The second-order valence-corrected chi connectivity index (χ2v) is 8.18. The van der Waals surface area contributed by atoms with Crippen LogP contribution in [0.1, 0.15) is 45.2 Å². The second kappa shape index (κ2) is 10.1. The average Bonchev–Trinajstić information content (AvgIpc) is 3.13. The van der Waals surface area contributed by atoms with Crippen molar-refractivity contribution in [3.63, 3.8) is 0 Å². The minimum Gasteiger partial charge on any atom is -0.390 e. The number of hydrogen-bond acceptors (Lipinski definition) is 6. The fraction of sp³-hybridized carbons (Fsp3) is 0.500. The second-order valence-electron chi connectivity index (χ2n) is 8.18. The van der Waals surface area contributed by atoms with Crippen LogP contribution in [0.2, 0.25) is 0 Å². The van der Waals surface area contributed by atoms with Gasteiger partial charge < -0.3 is 25.0 Å². The molecule has 0 aromatic carbocycles. The SMILES string of the molecule is C=C/C=C(\N=C(C)N1CCC(O)C(F)C1)Nc1cc2c(cn1)nc(C(C)O)n2C(C)C(F)(F)F. The molecule has 0 spiro atoms. The molecule has 186 valence electrons. The Kier molecular flexibility index (Phi) is 7.61. The van der Waals surface area contributed by atoms with E-state index < -0.39 is 30.6 Å². The minimum absolute atomic E-state index is 0.00127. The summed E-state index contributed by atoms with van der Waals surface area (Å²) in [7, 11) is 0. The third-order valence-corrected chi connectivity index (χ3v) is 5.62. The molecule has 8 nitrogen and oxygen atoms in total. The van der Waals surface area contributed by atoms with Gasteiger partial charge >= 0.3 is 6.18 Å². The fourth-order valence-corrected chi connectivity index (χ4v) is 3.71. The maximum Gasteiger partial charge on any atom is 0.408 e. The zero-order chi connectivity index (χ0) is 25.2. The molecule has 34 heavy (non-hydrogen) atoms. The Hall–Kier alpha value is -2.99. The number of alkyl halides is 4. The zero-order valence-electron chi connectivity index (χ0n) is 19.1. The van der Waals surface area contributed by atoms with Gasteiger partial charge in [0.1, 0.15) is 47.1 Å². The summed E-state index contributed by atoms with van der Waals surface area (Å²) in [5.41, 5.74) is 0.342. The maximum atomic E-state index is 13.9. The average molecular weight is 484 g/mol. The number of pyridine rings is 1. The number of aliphatic hydroxyl groups excluding tert-OH is 2. The Morgan fingerprint density at radius 1 is 1.38 bits per heavy atom. The van der Waals surface area contributed by atoms with E-state index in [0.29, 0.717) is 12.4 Å². The van der Waals surface area contributed by atoms with Gasteiger partial charge in [0.05, 0.1) is 24.4 Å². The van der Waals surface area contributed by atoms with Crippen molar-refractivity contribution in [2.75, 3.05) is 18.4 Å². The van der Waals surface area contributed by atoms with Crippen molar-refractivity contribution in [1.29, 1.82) is 0 Å². The summed E-state index contributed by atoms with van der Waals surface area (Å²) in [6, 6.07) is -0.531. The molecule has 2 aromatic heterocycles. The largest absolute Gasteiger partial charge is 0.408 e. The lowest BCUT2D eigenvalue weighted by Gasteiger charge is -2.33. The lowest BCUT2D eigenvalue weighted by molar-refractivity contribution is -0.163. The number of amidine groups is 1. The predicted molar refractivity (Wildman–Crippen MR) is 121 cm³/mol. The molecule has 0 saturated carbocycles. The molecule has 0 radical (unpaired) electrons. The van der Waals surface area contributed by atoms with Crippen LogP contribution in [0.15, 0.2) is 41.8 Å². The van der Waals surface area contributed by atoms with E-state index in [4.69, 9.17) is 0 Å². The Bertz CT molecular complexity index is 1090. The highest BCUT2D eigenvalue weighted by molar-refractivity contribution is 5.82. The quantitative estimate of drug-likeness (QED) is 0.249. The lowest BCUT2D eigenvalue weighted by atomic mass is 10.1. The van der Waals surface area contributed by atoms with Crippen molar-refractivity contribution in [2.24, 2.45) is 4.99 Å². The number of aliphatic hydroxyl groups is 2. The Morgan fingerprint density at radius 3 is 2.68 bits per heavy atom. The molecule has 1 fully saturated rings. The van der Waals surface area contributed by atoms with Crippen LogP contribution >= 0.6 is 0 Å². The van der Waals surface area contributed by atoms with E-state index in [0.717, 1.165) is 11.5 Å². The molecule has 0 bridgehead atoms. The number of likely N-dealkylation sites (tertiary alicyclic amines) is 1. The molecule has 4 atom stereocenters. The molecule has 0 amide bonds. The molecule has 3 N–H and O–H groups in total. The first kappa shape index (κ1) is 25.6. The number of anilines is 1. The van der Waals surface area contributed by atoms with Gasteiger partial charge in [-0.15, -0.1) is 0 Å². The van der Waals surface area contributed by atoms with Crippen LogP contribution in [-0.4, -0.2) is 67.0 Å². The normalized spacial score (nSPS) is 22.1. The summed E-state index contributed by atoms with van der Waals surface area (Å²) in [5.74, 6) is 0.847. The van der Waals surface area contributed by atoms with E-state index in [1.165, 1.54) is 31.3 Å². The number of hydrogen-bond donors (Lipinski definition) is 3. The molecule has 2 aromatic rings. The van der Waals surface area contributed by atoms with Crippen molar-refractivity contribution < 1.29 is 27.8 Å². The maximum absolute atomic E-state index is 13.9. The number of aromatic nitrogens is 3. The van der Waals surface area contributed by atoms with E-state index in [1.54, 1.807) is 11.8 Å². The number of halogens is 4. The van der Waals surface area contributed by atoms with Crippen LogP contribution in [-0.2, 0) is 0 Å². The van der Waals surface area contributed by atoms with Crippen molar-refractivity contribution in [3.05, 3.63) is 42.6 Å². The summed E-state index contributed by atoms with van der Waals surface area (Å²) in [4.78, 5) is 14.5. The van der Waals surface area contributed by atoms with Crippen molar-refractivity contribution in [2.45, 2.75) is 57.8 Å². The van der Waals surface area contributed by atoms with Gasteiger partial charge in [-0.25, -0.2) is 19.4 Å². The van der Waals surface area contributed by atoms with Crippen LogP contribution in [0.25, 0.3) is 11.0 Å². The number of fused-ring (bicyclic) bond motifs is 1. The van der Waals surface area contributed by atoms with Crippen LogP contribution in [0.3, 0.4) is 0 Å². The number of imidazole rings is 1. The molecule has 1 saturated heterocycles. The minimum atomic E-state index is -4.56. The topological polar surface area (TPSA) is 98.8 Å². The van der Waals surface area contributed by atoms with Gasteiger partial charge in [0.2, 0.25) is 0 Å². The Morgan fingerprint density at radius 2 is 2.09 bits per heavy atom. The van der Waals surface area contributed by atoms with Gasteiger partial charge in [0.15, 0.2) is 0 Å². The molecular weight excluding hydrogens is 456 g/mol. The smallest absolute Gasteiger partial charge is 0.390 e. The highest BCUT2D eigenvalue weighted by atomic mass is 19.4. The first-order valence-corrected chi connectivity index (χ1v) is 10.8. The third kappa shape index (κ3) is 5.55. The number of allylic oxidation sites excluding steroid dienone is 2. The predicted octanol–water partition coefficient (Wildman–Crippen LogP) is 3.87. The van der Waals surface area contributed by atoms with Crippen LogP contribution in [0, 0.1) is 0 Å². The summed E-state index contributed by atoms with van der Waals surface area (Å²) in [6.07, 6.45) is -3.58. The highest BCUT2D eigenvalue weighted by Gasteiger charge is 2.40. The third-order valence-electron chi connectivity index (χ3n) is 5.62. The molecule has 3 heterocycles. The molecule has 12 heteroatoms. The molecule has 3 rings (SSSR count). The van der Waals surface area contributed by atoms with Crippen molar-refractivity contribution in [1.82, 2.24) is 19.4 Å². The van der Waals surface area contributed by atoms with Gasteiger partial charge in [0.25, 0.3) is 0 Å². The van der Waals surface area contributed by atoms with Gasteiger partial charge in [-0.3, -0.25) is 0 Å². The number of piperidine rings is 1. The summed E-state index contributed by atoms with van der Waals surface area (Å²) >= 11 is 0. The Balaban J connectivity index is 1.94. The van der Waals surface area contributed by atoms with E-state index in [-0.39, 0.29) is 41.5 Å². The van der Waals surface area contributed by atoms with Crippen LogP contribution in [0.4, 0.5) is 23.4 Å². The standard InChI is InChI=1S/C22H28F4N6O2/c1-5-6-19(28-14(4)31-8-7-18(34)15(23)11-31)30-20-9-17-16(10-27-20)29-21(12(2)33)32(17)13(3)22(24,25)26/h5-6,9-10,12-13,15,18,33-34H,1,7-8,11H2,2-4H3,(H,27,30)/b19-6+,28-14?. The number of nitrogens with one attached hydrogen (secondary N) is 1. The van der Waals surface area contributed by atoms with Gasteiger partial charge in [-0.1, -0.05) is 12.7 Å². The zero-order valence-corrected chi connectivity index (χ0v) is 19.1. The molecule has 1 aliphatic rings. The molecule has 1 aliphatic heterocycles. The number of aliphatic imine (C=N–C) groups is 1. The number of rotatable bonds is 6. The first-order valence-electron chi connectivity index (χ1n) is 10.8.